The number of aliphatic hydroxyl groups excluding tert-OH is 1. The predicted molar refractivity (Wildman–Crippen MR) is 138 cm³/mol. The van der Waals surface area contributed by atoms with E-state index in [2.05, 4.69) is 39.8 Å². The van der Waals surface area contributed by atoms with Gasteiger partial charge in [-0.15, -0.1) is 5.10 Å². The number of nitrogens with two attached hydrogens (primary N) is 1. The van der Waals surface area contributed by atoms with Crippen LogP contribution in [0.4, 0.5) is 0 Å². The minimum absolute atomic E-state index is 0.0146. The van der Waals surface area contributed by atoms with Gasteiger partial charge in [0, 0.05) is 31.3 Å². The molecule has 1 saturated heterocycles. The van der Waals surface area contributed by atoms with Crippen molar-refractivity contribution in [3.05, 3.63) is 95.1 Å². The number of aryl methyl sites for hydroxylation is 1. The predicted octanol–water partition coefficient (Wildman–Crippen LogP) is 4.17. The quantitative estimate of drug-likeness (QED) is 0.345. The minimum Gasteiger partial charge on any atom is -0.392 e. The van der Waals surface area contributed by atoms with Crippen LogP contribution >= 0.6 is 11.8 Å². The van der Waals surface area contributed by atoms with Crippen molar-refractivity contribution < 1.29 is 14.6 Å². The fraction of sp³-hybridized carbons (Fsp3) is 0.296. The molecule has 1 aromatic heterocycles. The van der Waals surface area contributed by atoms with Gasteiger partial charge in [0.05, 0.1) is 18.8 Å². The highest BCUT2D eigenvalue weighted by atomic mass is 32.2. The third kappa shape index (κ3) is 5.66. The summed E-state index contributed by atoms with van der Waals surface area (Å²) in [5.74, 6) is 0.692. The smallest absolute Gasteiger partial charge is 0.209 e. The summed E-state index contributed by atoms with van der Waals surface area (Å²) in [6, 6.07) is 24.4. The lowest BCUT2D eigenvalue weighted by atomic mass is 9.99. The molecule has 0 aliphatic carbocycles. The summed E-state index contributed by atoms with van der Waals surface area (Å²) >= 11 is 1.57. The van der Waals surface area contributed by atoms with Crippen molar-refractivity contribution in [1.82, 2.24) is 20.2 Å². The van der Waals surface area contributed by atoms with Crippen LogP contribution in [0.1, 0.15) is 41.1 Å². The first-order chi connectivity index (χ1) is 17.6. The fourth-order valence-electron chi connectivity index (χ4n) is 4.28. The van der Waals surface area contributed by atoms with Gasteiger partial charge in [0.25, 0.3) is 0 Å². The van der Waals surface area contributed by atoms with Crippen LogP contribution in [0, 0.1) is 0 Å². The Kier molecular flexibility index (Phi) is 7.74. The van der Waals surface area contributed by atoms with Crippen LogP contribution in [0.25, 0.3) is 11.1 Å². The Morgan fingerprint density at radius 2 is 1.75 bits per heavy atom. The Morgan fingerprint density at radius 1 is 0.972 bits per heavy atom. The molecule has 0 amide bonds. The summed E-state index contributed by atoms with van der Waals surface area (Å²) in [6.07, 6.45) is -0.0471. The number of rotatable bonds is 8. The average molecular weight is 504 g/mol. The molecule has 0 spiro atoms. The van der Waals surface area contributed by atoms with Gasteiger partial charge in [-0.1, -0.05) is 72.4 Å². The van der Waals surface area contributed by atoms with E-state index in [9.17, 15) is 5.11 Å². The highest BCUT2D eigenvalue weighted by molar-refractivity contribution is 7.99. The summed E-state index contributed by atoms with van der Waals surface area (Å²) < 4.78 is 14.6. The van der Waals surface area contributed by atoms with Crippen molar-refractivity contribution in [2.24, 2.45) is 12.8 Å². The number of ether oxygens (including phenoxy) is 2. The summed E-state index contributed by atoms with van der Waals surface area (Å²) in [6.45, 7) is 0.514. The first-order valence-corrected chi connectivity index (χ1v) is 12.9. The zero-order valence-electron chi connectivity index (χ0n) is 20.0. The van der Waals surface area contributed by atoms with Gasteiger partial charge >= 0.3 is 0 Å². The molecule has 0 bridgehead atoms. The maximum Gasteiger partial charge on any atom is 0.209 e. The molecular weight excluding hydrogens is 474 g/mol. The summed E-state index contributed by atoms with van der Waals surface area (Å²) in [5.41, 5.74) is 12.0. The van der Waals surface area contributed by atoms with Crippen molar-refractivity contribution in [1.29, 1.82) is 0 Å². The second kappa shape index (κ2) is 11.3. The Labute approximate surface area is 214 Å². The van der Waals surface area contributed by atoms with Crippen LogP contribution in [0.15, 0.2) is 78.0 Å². The molecule has 9 heteroatoms. The van der Waals surface area contributed by atoms with E-state index < -0.39 is 6.29 Å². The van der Waals surface area contributed by atoms with E-state index in [1.165, 1.54) is 0 Å². The van der Waals surface area contributed by atoms with Crippen molar-refractivity contribution in [2.75, 3.05) is 5.75 Å². The molecule has 36 heavy (non-hydrogen) atoms. The molecular formula is C27H29N5O3S. The van der Waals surface area contributed by atoms with Gasteiger partial charge in [0.15, 0.2) is 6.29 Å². The third-order valence-electron chi connectivity index (χ3n) is 6.25. The molecule has 2 heterocycles. The van der Waals surface area contributed by atoms with E-state index in [-0.39, 0.29) is 18.8 Å². The van der Waals surface area contributed by atoms with Crippen molar-refractivity contribution in [2.45, 2.75) is 43.2 Å². The van der Waals surface area contributed by atoms with Crippen molar-refractivity contribution >= 4 is 11.8 Å². The minimum atomic E-state index is -0.526. The summed E-state index contributed by atoms with van der Waals surface area (Å²) in [4.78, 5) is 0. The Balaban J connectivity index is 1.41. The number of hydrogen-bond acceptors (Lipinski definition) is 8. The number of hydrogen-bond donors (Lipinski definition) is 2. The lowest BCUT2D eigenvalue weighted by Crippen LogP contribution is -2.31. The number of thioether (sulfide) groups is 1. The van der Waals surface area contributed by atoms with Crippen LogP contribution in [0.2, 0.25) is 0 Å². The Morgan fingerprint density at radius 3 is 2.47 bits per heavy atom. The first kappa shape index (κ1) is 24.6. The van der Waals surface area contributed by atoms with Gasteiger partial charge in [-0.25, -0.2) is 4.68 Å². The maximum atomic E-state index is 9.43. The van der Waals surface area contributed by atoms with Crippen molar-refractivity contribution in [3.8, 4) is 11.1 Å². The van der Waals surface area contributed by atoms with Gasteiger partial charge < -0.3 is 20.3 Å². The lowest BCUT2D eigenvalue weighted by molar-refractivity contribution is -0.245. The topological polar surface area (TPSA) is 108 Å². The second-order valence-corrected chi connectivity index (χ2v) is 9.76. The lowest BCUT2D eigenvalue weighted by Gasteiger charge is -2.36. The van der Waals surface area contributed by atoms with Crippen LogP contribution in [0.5, 0.6) is 0 Å². The molecule has 0 saturated carbocycles. The highest BCUT2D eigenvalue weighted by Gasteiger charge is 2.32. The molecule has 186 valence electrons. The summed E-state index contributed by atoms with van der Waals surface area (Å²) in [5, 5.41) is 21.9. The van der Waals surface area contributed by atoms with Crippen LogP contribution in [-0.4, -0.2) is 37.2 Å². The summed E-state index contributed by atoms with van der Waals surface area (Å²) in [7, 11) is 1.83. The van der Waals surface area contributed by atoms with E-state index in [0.717, 1.165) is 38.5 Å². The number of aliphatic hydroxyl groups is 1. The SMILES string of the molecule is Cn1nnnc1SCC1CC(c2ccc(CO)cc2)OC(c2cccc(-c3cccc(CN)c3)c2)O1. The molecule has 3 atom stereocenters. The van der Waals surface area contributed by atoms with E-state index in [0.29, 0.717) is 18.7 Å². The molecule has 1 aliphatic heterocycles. The monoisotopic (exact) mass is 503 g/mol. The van der Waals surface area contributed by atoms with Gasteiger partial charge in [-0.3, -0.25) is 0 Å². The average Bonchev–Trinajstić information content (AvgIpc) is 3.36. The normalized spacial score (nSPS) is 19.9. The molecule has 0 radical (unpaired) electrons. The maximum absolute atomic E-state index is 9.43. The molecule has 1 aliphatic rings. The molecule has 4 aromatic rings. The number of benzene rings is 3. The Bertz CT molecular complexity index is 1300. The van der Waals surface area contributed by atoms with Gasteiger partial charge in [0.2, 0.25) is 5.16 Å². The van der Waals surface area contributed by atoms with E-state index in [4.69, 9.17) is 15.2 Å². The van der Waals surface area contributed by atoms with E-state index in [1.54, 1.807) is 16.4 Å². The number of aromatic nitrogens is 4. The number of tetrazole rings is 1. The molecule has 8 nitrogen and oxygen atoms in total. The van der Waals surface area contributed by atoms with E-state index in [1.807, 2.05) is 55.6 Å². The fourth-order valence-corrected chi connectivity index (χ4v) is 5.14. The Hall–Kier alpha value is -3.08. The molecule has 5 rings (SSSR count). The largest absolute Gasteiger partial charge is 0.392 e. The van der Waals surface area contributed by atoms with Crippen LogP contribution in [-0.2, 0) is 29.7 Å². The van der Waals surface area contributed by atoms with Crippen LogP contribution < -0.4 is 5.73 Å². The molecule has 3 aromatic carbocycles. The van der Waals surface area contributed by atoms with Gasteiger partial charge in [-0.2, -0.15) is 0 Å². The van der Waals surface area contributed by atoms with Crippen molar-refractivity contribution in [3.63, 3.8) is 0 Å². The standard InChI is InChI=1S/C27H29N5O3S/c1-32-27(29-30-31-32)36-17-24-14-25(20-10-8-18(16-33)9-11-20)35-26(34-24)23-7-3-6-22(13-23)21-5-2-4-19(12-21)15-28/h2-13,24-26,33H,14-17,28H2,1H3. The zero-order valence-corrected chi connectivity index (χ0v) is 20.8. The molecule has 1 fully saturated rings. The van der Waals surface area contributed by atoms with Gasteiger partial charge in [0.1, 0.15) is 0 Å². The van der Waals surface area contributed by atoms with E-state index >= 15 is 0 Å². The zero-order chi connectivity index (χ0) is 24.9. The second-order valence-electron chi connectivity index (χ2n) is 8.78. The third-order valence-corrected chi connectivity index (χ3v) is 7.39. The molecule has 3 unspecified atom stereocenters. The number of nitrogens with zero attached hydrogens (tertiary/aromatic N) is 4. The first-order valence-electron chi connectivity index (χ1n) is 11.9. The molecule has 3 N–H and O–H groups in total. The van der Waals surface area contributed by atoms with Crippen LogP contribution in [0.3, 0.4) is 0 Å². The highest BCUT2D eigenvalue weighted by Crippen LogP contribution is 2.40. The van der Waals surface area contributed by atoms with Gasteiger partial charge in [-0.05, 0) is 50.4 Å².